The maximum Gasteiger partial charge on any atom is 0.256 e. The van der Waals surface area contributed by atoms with Crippen LogP contribution in [-0.2, 0) is 0 Å². The number of terminal acetylenes is 1. The zero-order valence-corrected chi connectivity index (χ0v) is 17.9. The van der Waals surface area contributed by atoms with Gasteiger partial charge in [0.05, 0.1) is 18.2 Å². The van der Waals surface area contributed by atoms with Crippen molar-refractivity contribution in [1.82, 2.24) is 10.2 Å². The Bertz CT molecular complexity index is 673. The number of hydrogen-bond acceptors (Lipinski definition) is 2. The van der Waals surface area contributed by atoms with E-state index in [4.69, 9.17) is 6.42 Å². The van der Waals surface area contributed by atoms with E-state index in [1.807, 2.05) is 29.2 Å². The molecule has 1 amide bonds. The van der Waals surface area contributed by atoms with E-state index in [1.54, 1.807) is 0 Å². The number of unbranched alkanes of at least 4 members (excludes halogenated alkanes) is 1. The molecule has 4 heteroatoms. The van der Waals surface area contributed by atoms with Gasteiger partial charge < -0.3 is 10.2 Å². The van der Waals surface area contributed by atoms with Crippen LogP contribution in [0, 0.1) is 18.3 Å². The third-order valence-electron chi connectivity index (χ3n) is 5.30. The van der Waals surface area contributed by atoms with Crippen LogP contribution in [0.5, 0.6) is 0 Å². The number of amides is 1. The Labute approximate surface area is 172 Å². The first kappa shape index (κ1) is 21.6. The molecule has 1 N–H and O–H groups in total. The quantitative estimate of drug-likeness (QED) is 0.421. The van der Waals surface area contributed by atoms with Crippen LogP contribution in [-0.4, -0.2) is 29.9 Å². The van der Waals surface area contributed by atoms with Gasteiger partial charge in [0.25, 0.3) is 5.91 Å². The standard InChI is InChI=1S/C23H31BrN2O/c1-4-6-16-25-18(3)22(19-12-8-7-9-13-19)26(17-5-2)23(27)20-14-10-11-15-21(20)24/h2,10-11,14-15,19,22,25H,3-4,6-9,12-13,16-17H2,1H3. The summed E-state index contributed by atoms with van der Waals surface area (Å²) in [5, 5.41) is 3.47. The minimum absolute atomic E-state index is 0.0329. The Morgan fingerprint density at radius 3 is 2.70 bits per heavy atom. The van der Waals surface area contributed by atoms with Crippen LogP contribution in [0.1, 0.15) is 62.2 Å². The van der Waals surface area contributed by atoms with Crippen LogP contribution >= 0.6 is 15.9 Å². The van der Waals surface area contributed by atoms with Crippen LogP contribution in [0.4, 0.5) is 0 Å². The van der Waals surface area contributed by atoms with E-state index >= 15 is 0 Å². The van der Waals surface area contributed by atoms with Crippen molar-refractivity contribution in [3.8, 4) is 12.3 Å². The van der Waals surface area contributed by atoms with Crippen molar-refractivity contribution < 1.29 is 4.79 Å². The third-order valence-corrected chi connectivity index (χ3v) is 5.99. The number of hydrogen-bond donors (Lipinski definition) is 1. The van der Waals surface area contributed by atoms with E-state index in [2.05, 4.69) is 40.7 Å². The van der Waals surface area contributed by atoms with Gasteiger partial charge in [0.15, 0.2) is 0 Å². The lowest BCUT2D eigenvalue weighted by molar-refractivity contribution is 0.0646. The second kappa shape index (κ2) is 11.2. The lowest BCUT2D eigenvalue weighted by atomic mass is 9.81. The zero-order chi connectivity index (χ0) is 19.6. The minimum Gasteiger partial charge on any atom is -0.387 e. The topological polar surface area (TPSA) is 32.3 Å². The molecule has 1 unspecified atom stereocenters. The molecule has 1 fully saturated rings. The van der Waals surface area contributed by atoms with Gasteiger partial charge in [0.2, 0.25) is 0 Å². The molecule has 1 aliphatic rings. The Balaban J connectivity index is 2.32. The van der Waals surface area contributed by atoms with Crippen molar-refractivity contribution in [3.05, 3.63) is 46.6 Å². The molecular weight excluding hydrogens is 400 g/mol. The molecule has 27 heavy (non-hydrogen) atoms. The summed E-state index contributed by atoms with van der Waals surface area (Å²) in [5.74, 6) is 3.07. The second-order valence-electron chi connectivity index (χ2n) is 7.27. The van der Waals surface area contributed by atoms with E-state index in [0.717, 1.165) is 42.4 Å². The van der Waals surface area contributed by atoms with Gasteiger partial charge in [-0.1, -0.05) is 57.2 Å². The Kier molecular flexibility index (Phi) is 8.94. The van der Waals surface area contributed by atoms with E-state index in [9.17, 15) is 4.79 Å². The fraction of sp³-hybridized carbons (Fsp3) is 0.522. The smallest absolute Gasteiger partial charge is 0.256 e. The van der Waals surface area contributed by atoms with Crippen LogP contribution in [0.25, 0.3) is 0 Å². The Morgan fingerprint density at radius 1 is 1.37 bits per heavy atom. The highest BCUT2D eigenvalue weighted by Gasteiger charge is 2.34. The van der Waals surface area contributed by atoms with Gasteiger partial charge >= 0.3 is 0 Å². The van der Waals surface area contributed by atoms with Gasteiger partial charge in [0, 0.05) is 16.7 Å². The summed E-state index contributed by atoms with van der Waals surface area (Å²) in [4.78, 5) is 15.3. The van der Waals surface area contributed by atoms with E-state index < -0.39 is 0 Å². The van der Waals surface area contributed by atoms with Crippen LogP contribution in [0.15, 0.2) is 41.0 Å². The highest BCUT2D eigenvalue weighted by atomic mass is 79.9. The summed E-state index contributed by atoms with van der Waals surface area (Å²) < 4.78 is 0.795. The third kappa shape index (κ3) is 5.87. The molecule has 0 aliphatic heterocycles. The Hall–Kier alpha value is -1.73. The van der Waals surface area contributed by atoms with Crippen molar-refractivity contribution in [1.29, 1.82) is 0 Å². The number of nitrogens with zero attached hydrogens (tertiary/aromatic N) is 1. The normalized spacial score (nSPS) is 15.6. The first-order chi connectivity index (χ1) is 13.1. The van der Waals surface area contributed by atoms with Crippen molar-refractivity contribution in [3.63, 3.8) is 0 Å². The number of halogens is 1. The summed E-state index contributed by atoms with van der Waals surface area (Å²) in [7, 11) is 0. The first-order valence-electron chi connectivity index (χ1n) is 10.0. The second-order valence-corrected chi connectivity index (χ2v) is 8.12. The lowest BCUT2D eigenvalue weighted by Crippen LogP contribution is -2.49. The molecule has 0 heterocycles. The van der Waals surface area contributed by atoms with Gasteiger partial charge in [-0.15, -0.1) is 6.42 Å². The molecule has 3 nitrogen and oxygen atoms in total. The van der Waals surface area contributed by atoms with Crippen molar-refractivity contribution in [2.24, 2.45) is 5.92 Å². The maximum atomic E-state index is 13.4. The predicted octanol–water partition coefficient (Wildman–Crippen LogP) is 5.38. The number of rotatable bonds is 9. The summed E-state index contributed by atoms with van der Waals surface area (Å²) in [6.45, 7) is 7.66. The zero-order valence-electron chi connectivity index (χ0n) is 16.3. The molecule has 1 atom stereocenters. The predicted molar refractivity (Wildman–Crippen MR) is 116 cm³/mol. The van der Waals surface area contributed by atoms with Crippen LogP contribution in [0.2, 0.25) is 0 Å². The van der Waals surface area contributed by atoms with Gasteiger partial charge in [-0.25, -0.2) is 0 Å². The average Bonchev–Trinajstić information content (AvgIpc) is 2.68. The van der Waals surface area contributed by atoms with E-state index in [0.29, 0.717) is 11.5 Å². The average molecular weight is 431 g/mol. The molecule has 1 aliphatic carbocycles. The monoisotopic (exact) mass is 430 g/mol. The largest absolute Gasteiger partial charge is 0.387 e. The summed E-state index contributed by atoms with van der Waals surface area (Å²) in [5.41, 5.74) is 1.57. The van der Waals surface area contributed by atoms with Crippen molar-refractivity contribution >= 4 is 21.8 Å². The molecule has 0 aromatic heterocycles. The molecule has 146 valence electrons. The summed E-state index contributed by atoms with van der Waals surface area (Å²) in [6.07, 6.45) is 13.8. The van der Waals surface area contributed by atoms with Crippen LogP contribution in [0.3, 0.4) is 0 Å². The SMILES string of the molecule is C#CCN(C(=O)c1ccccc1Br)C(C(=C)NCCCC)C1CCCCC1. The molecule has 1 aromatic rings. The lowest BCUT2D eigenvalue weighted by Gasteiger charge is -2.39. The maximum absolute atomic E-state index is 13.4. The van der Waals surface area contributed by atoms with Crippen molar-refractivity contribution in [2.75, 3.05) is 13.1 Å². The molecular formula is C23H31BrN2O. The molecule has 0 saturated heterocycles. The highest BCUT2D eigenvalue weighted by molar-refractivity contribution is 9.10. The van der Waals surface area contributed by atoms with E-state index in [1.165, 1.54) is 19.3 Å². The van der Waals surface area contributed by atoms with Crippen LogP contribution < -0.4 is 5.32 Å². The summed E-state index contributed by atoms with van der Waals surface area (Å²) in [6, 6.07) is 7.47. The minimum atomic E-state index is -0.0715. The highest BCUT2D eigenvalue weighted by Crippen LogP contribution is 2.33. The number of nitrogens with one attached hydrogen (secondary N) is 1. The van der Waals surface area contributed by atoms with Gasteiger partial charge in [0.1, 0.15) is 0 Å². The fourth-order valence-corrected chi connectivity index (χ4v) is 4.35. The van der Waals surface area contributed by atoms with Crippen molar-refractivity contribution in [2.45, 2.75) is 57.9 Å². The van der Waals surface area contributed by atoms with Gasteiger partial charge in [-0.3, -0.25) is 4.79 Å². The molecule has 0 radical (unpaired) electrons. The summed E-state index contributed by atoms with van der Waals surface area (Å²) >= 11 is 3.51. The molecule has 0 bridgehead atoms. The Morgan fingerprint density at radius 2 is 2.07 bits per heavy atom. The molecule has 0 spiro atoms. The van der Waals surface area contributed by atoms with Gasteiger partial charge in [-0.2, -0.15) is 0 Å². The molecule has 2 rings (SSSR count). The molecule has 1 saturated carbocycles. The number of carbonyl (C=O) groups excluding carboxylic acids is 1. The fourth-order valence-electron chi connectivity index (χ4n) is 3.89. The number of carbonyl (C=O) groups is 1. The molecule has 1 aromatic carbocycles. The first-order valence-corrected chi connectivity index (χ1v) is 10.8. The number of benzene rings is 1. The van der Waals surface area contributed by atoms with E-state index in [-0.39, 0.29) is 18.5 Å². The van der Waals surface area contributed by atoms with Gasteiger partial charge in [-0.05, 0) is 53.2 Å².